The molecule has 5 heteroatoms. The van der Waals surface area contributed by atoms with E-state index in [9.17, 15) is 4.91 Å². The number of hydrogen-bond acceptors (Lipinski definition) is 3. The van der Waals surface area contributed by atoms with E-state index in [2.05, 4.69) is 68.9 Å². The molecule has 3 nitrogen and oxygen atoms in total. The molecule has 0 aromatic rings. The first-order chi connectivity index (χ1) is 6.13. The Morgan fingerprint density at radius 1 is 1.14 bits per heavy atom. The van der Waals surface area contributed by atoms with Crippen LogP contribution in [0.1, 0.15) is 40.5 Å². The second kappa shape index (κ2) is 3.52. The lowest BCUT2D eigenvalue weighted by Crippen LogP contribution is -2.59. The molecule has 1 fully saturated rings. The van der Waals surface area contributed by atoms with Gasteiger partial charge in [-0.1, -0.05) is 21.1 Å². The Kier molecular flexibility index (Phi) is 3.17. The number of hydrogen-bond donors (Lipinski definition) is 0. The number of halogens is 2. The molecule has 0 aromatic carbocycles. The van der Waals surface area contributed by atoms with Gasteiger partial charge >= 0.3 is 0 Å². The maximum atomic E-state index is 10.8. The third-order valence-corrected chi connectivity index (χ3v) is 5.26. The summed E-state index contributed by atoms with van der Waals surface area (Å²) in [7, 11) is 0. The van der Waals surface area contributed by atoms with Gasteiger partial charge in [-0.2, -0.15) is 0 Å². The zero-order valence-electron chi connectivity index (χ0n) is 8.97. The zero-order valence-corrected chi connectivity index (χ0v) is 12.1. The molecule has 0 amide bonds. The molecule has 0 radical (unpaired) electrons. The Morgan fingerprint density at radius 3 is 1.79 bits per heavy atom. The van der Waals surface area contributed by atoms with Crippen LogP contribution in [-0.4, -0.2) is 19.5 Å². The molecule has 1 aliphatic heterocycles. The molecule has 14 heavy (non-hydrogen) atoms. The Morgan fingerprint density at radius 2 is 1.50 bits per heavy atom. The normalized spacial score (nSPS) is 29.9. The largest absolute Gasteiger partial charge is 0.231 e. The first-order valence-electron chi connectivity index (χ1n) is 4.63. The molecule has 0 aliphatic carbocycles. The fourth-order valence-electron chi connectivity index (χ4n) is 2.41. The first kappa shape index (κ1) is 12.6. The number of piperidine rings is 1. The van der Waals surface area contributed by atoms with E-state index in [0.29, 0.717) is 12.8 Å². The lowest BCUT2D eigenvalue weighted by Gasteiger charge is -2.52. The summed E-state index contributed by atoms with van der Waals surface area (Å²) < 4.78 is 1.52. The molecule has 0 saturated carbocycles. The Bertz CT molecular complexity index is 235. The molecular formula is C9H16Br2N2O. The van der Waals surface area contributed by atoms with E-state index < -0.39 is 4.45 Å². The standard InChI is InChI=1S/C9H16Br2N2O/c1-7(2)5-9(10,12-14)6-8(3,4)13(7)11/h5-6H2,1-4H3. The summed E-state index contributed by atoms with van der Waals surface area (Å²) in [6.07, 6.45) is 1.41. The minimum atomic E-state index is -0.621. The van der Waals surface area contributed by atoms with Crippen molar-refractivity contribution in [2.45, 2.75) is 56.1 Å². The molecule has 82 valence electrons. The molecule has 0 N–H and O–H groups in total. The monoisotopic (exact) mass is 326 g/mol. The molecular weight excluding hydrogens is 312 g/mol. The van der Waals surface area contributed by atoms with Gasteiger partial charge in [0, 0.05) is 40.1 Å². The van der Waals surface area contributed by atoms with E-state index in [0.717, 1.165) is 0 Å². The minimum absolute atomic E-state index is 0.0842. The first-order valence-corrected chi connectivity index (χ1v) is 6.13. The van der Waals surface area contributed by atoms with E-state index in [1.165, 1.54) is 0 Å². The van der Waals surface area contributed by atoms with Crippen molar-refractivity contribution in [3.63, 3.8) is 0 Å². The fourth-order valence-corrected chi connectivity index (χ4v) is 4.03. The Hall–Kier alpha value is 0.520. The highest BCUT2D eigenvalue weighted by atomic mass is 79.9. The molecule has 1 saturated heterocycles. The lowest BCUT2D eigenvalue weighted by atomic mass is 9.80. The average Bonchev–Trinajstić information content (AvgIpc) is 1.99. The van der Waals surface area contributed by atoms with Crippen molar-refractivity contribution in [3.8, 4) is 0 Å². The summed E-state index contributed by atoms with van der Waals surface area (Å²) in [6.45, 7) is 8.40. The highest BCUT2D eigenvalue weighted by Gasteiger charge is 2.51. The van der Waals surface area contributed by atoms with Gasteiger partial charge in [-0.05, 0) is 27.7 Å². The molecule has 0 bridgehead atoms. The van der Waals surface area contributed by atoms with Gasteiger partial charge in [0.15, 0.2) is 4.45 Å². The van der Waals surface area contributed by atoms with Crippen molar-refractivity contribution in [2.24, 2.45) is 5.18 Å². The Balaban J connectivity index is 3.03. The number of rotatable bonds is 1. The topological polar surface area (TPSA) is 32.7 Å². The van der Waals surface area contributed by atoms with Crippen LogP contribution in [0.4, 0.5) is 0 Å². The lowest BCUT2D eigenvalue weighted by molar-refractivity contribution is 0.0556. The molecule has 0 unspecified atom stereocenters. The van der Waals surface area contributed by atoms with Gasteiger partial charge in [-0.25, -0.2) is 3.93 Å². The predicted molar refractivity (Wildman–Crippen MR) is 65.6 cm³/mol. The molecule has 0 atom stereocenters. The third kappa shape index (κ3) is 2.19. The summed E-state index contributed by atoms with van der Waals surface area (Å²) in [5.74, 6) is 0. The number of nitroso groups, excluding NO2 is 1. The summed E-state index contributed by atoms with van der Waals surface area (Å²) in [5.41, 5.74) is -0.168. The third-order valence-electron chi connectivity index (χ3n) is 2.63. The molecule has 1 rings (SSSR count). The minimum Gasteiger partial charge on any atom is -0.231 e. The van der Waals surface area contributed by atoms with Crippen LogP contribution in [0.15, 0.2) is 5.18 Å². The van der Waals surface area contributed by atoms with Crippen LogP contribution in [0.2, 0.25) is 0 Å². The summed E-state index contributed by atoms with van der Waals surface area (Å²) in [5, 5.41) is 3.22. The van der Waals surface area contributed by atoms with Crippen LogP contribution >= 0.6 is 32.1 Å². The summed E-state index contributed by atoms with van der Waals surface area (Å²) in [4.78, 5) is 10.8. The summed E-state index contributed by atoms with van der Waals surface area (Å²) >= 11 is 7.03. The van der Waals surface area contributed by atoms with Crippen molar-refractivity contribution in [3.05, 3.63) is 4.91 Å². The maximum Gasteiger partial charge on any atom is 0.160 e. The second-order valence-electron chi connectivity index (χ2n) is 5.27. The van der Waals surface area contributed by atoms with Crippen molar-refractivity contribution in [2.75, 3.05) is 0 Å². The highest BCUT2D eigenvalue weighted by molar-refractivity contribution is 9.10. The molecule has 0 aromatic heterocycles. The maximum absolute atomic E-state index is 10.8. The smallest absolute Gasteiger partial charge is 0.160 e. The van der Waals surface area contributed by atoms with Crippen LogP contribution in [0.3, 0.4) is 0 Å². The average molecular weight is 328 g/mol. The van der Waals surface area contributed by atoms with Crippen molar-refractivity contribution >= 4 is 32.1 Å². The second-order valence-corrected chi connectivity index (χ2v) is 7.45. The number of nitrogens with zero attached hydrogens (tertiary/aromatic N) is 2. The van der Waals surface area contributed by atoms with Gasteiger partial charge in [-0.15, -0.1) is 4.91 Å². The van der Waals surface area contributed by atoms with Gasteiger partial charge in [0.2, 0.25) is 0 Å². The Labute approximate surface area is 102 Å². The van der Waals surface area contributed by atoms with Crippen molar-refractivity contribution in [1.29, 1.82) is 0 Å². The van der Waals surface area contributed by atoms with Gasteiger partial charge in [-0.3, -0.25) is 0 Å². The van der Waals surface area contributed by atoms with Gasteiger partial charge in [0.1, 0.15) is 0 Å². The SMILES string of the molecule is CC1(C)CC(Br)(N=O)CC(C)(C)N1Br. The fraction of sp³-hybridized carbons (Fsp3) is 1.00. The van der Waals surface area contributed by atoms with Crippen LogP contribution in [0.5, 0.6) is 0 Å². The van der Waals surface area contributed by atoms with Gasteiger partial charge in [0.05, 0.1) is 0 Å². The van der Waals surface area contributed by atoms with E-state index in [1.54, 1.807) is 0 Å². The molecule has 0 spiro atoms. The van der Waals surface area contributed by atoms with E-state index >= 15 is 0 Å². The summed E-state index contributed by atoms with van der Waals surface area (Å²) in [6, 6.07) is 0. The molecule has 1 heterocycles. The highest BCUT2D eigenvalue weighted by Crippen LogP contribution is 2.49. The predicted octanol–water partition coefficient (Wildman–Crippen LogP) is 3.81. The van der Waals surface area contributed by atoms with Crippen molar-refractivity contribution < 1.29 is 0 Å². The van der Waals surface area contributed by atoms with Gasteiger partial charge in [0.25, 0.3) is 0 Å². The van der Waals surface area contributed by atoms with E-state index in [1.807, 2.05) is 0 Å². The zero-order chi connectivity index (χ0) is 11.2. The van der Waals surface area contributed by atoms with Crippen LogP contribution in [0, 0.1) is 4.91 Å². The van der Waals surface area contributed by atoms with E-state index in [4.69, 9.17) is 0 Å². The quantitative estimate of drug-likeness (QED) is 0.317. The molecule has 1 aliphatic rings. The van der Waals surface area contributed by atoms with Crippen molar-refractivity contribution in [1.82, 2.24) is 3.93 Å². The van der Waals surface area contributed by atoms with Crippen LogP contribution in [-0.2, 0) is 0 Å². The number of alkyl halides is 1. The van der Waals surface area contributed by atoms with Crippen LogP contribution < -0.4 is 0 Å². The van der Waals surface area contributed by atoms with E-state index in [-0.39, 0.29) is 11.1 Å². The van der Waals surface area contributed by atoms with Crippen LogP contribution in [0.25, 0.3) is 0 Å². The van der Waals surface area contributed by atoms with Gasteiger partial charge < -0.3 is 0 Å².